The van der Waals surface area contributed by atoms with Crippen LogP contribution in [0.4, 0.5) is 25.5 Å². The molecule has 152 valence electrons. The molecule has 1 aromatic carbocycles. The summed E-state index contributed by atoms with van der Waals surface area (Å²) in [4.78, 5) is 37.1. The SMILES string of the molecule is NCCCCn1cnc2c(N(N)C(=O)N(C(=O)O)c3ccc(F)cc3)ncnc21. The molecular weight excluding hydrogens is 383 g/mol. The summed E-state index contributed by atoms with van der Waals surface area (Å²) in [5.74, 6) is 5.25. The molecule has 5 N–H and O–H groups in total. The number of hydrogen-bond acceptors (Lipinski definition) is 7. The van der Waals surface area contributed by atoms with Crippen molar-refractivity contribution in [2.75, 3.05) is 16.5 Å². The number of urea groups is 1. The second-order valence-electron chi connectivity index (χ2n) is 6.05. The van der Waals surface area contributed by atoms with Gasteiger partial charge >= 0.3 is 12.1 Å². The van der Waals surface area contributed by atoms with Crippen molar-refractivity contribution in [3.05, 3.63) is 42.7 Å². The van der Waals surface area contributed by atoms with Gasteiger partial charge in [0, 0.05) is 6.54 Å². The molecule has 11 nitrogen and oxygen atoms in total. The third-order valence-corrected chi connectivity index (χ3v) is 4.14. The zero-order chi connectivity index (χ0) is 21.0. The molecule has 0 atom stereocenters. The molecule has 0 spiro atoms. The number of imidazole rings is 1. The lowest BCUT2D eigenvalue weighted by molar-refractivity contribution is 0.200. The monoisotopic (exact) mass is 402 g/mol. The number of carbonyl (C=O) groups excluding carboxylic acids is 1. The van der Waals surface area contributed by atoms with Crippen LogP contribution in [0.3, 0.4) is 0 Å². The predicted molar refractivity (Wildman–Crippen MR) is 103 cm³/mol. The third-order valence-electron chi connectivity index (χ3n) is 4.14. The number of imide groups is 1. The van der Waals surface area contributed by atoms with E-state index in [9.17, 15) is 19.1 Å². The largest absolute Gasteiger partial charge is 0.464 e. The number of nitrogens with zero attached hydrogens (tertiary/aromatic N) is 6. The minimum Gasteiger partial charge on any atom is -0.464 e. The average molecular weight is 402 g/mol. The Morgan fingerprint density at radius 1 is 1.14 bits per heavy atom. The quantitative estimate of drug-likeness (QED) is 0.243. The topological polar surface area (TPSA) is 156 Å². The first kappa shape index (κ1) is 20.1. The van der Waals surface area contributed by atoms with Crippen LogP contribution in [-0.2, 0) is 6.54 Å². The van der Waals surface area contributed by atoms with Gasteiger partial charge in [-0.3, -0.25) is 0 Å². The molecule has 12 heteroatoms. The molecule has 0 aliphatic carbocycles. The van der Waals surface area contributed by atoms with Crippen LogP contribution in [0.15, 0.2) is 36.9 Å². The van der Waals surface area contributed by atoms with Gasteiger partial charge in [0.15, 0.2) is 17.0 Å². The molecule has 3 rings (SSSR count). The molecule has 0 saturated carbocycles. The molecule has 0 bridgehead atoms. The Bertz CT molecular complexity index is 1020. The number of carbonyl (C=O) groups is 2. The van der Waals surface area contributed by atoms with Crippen LogP contribution in [0.1, 0.15) is 12.8 Å². The van der Waals surface area contributed by atoms with Crippen LogP contribution in [0.5, 0.6) is 0 Å². The van der Waals surface area contributed by atoms with E-state index < -0.39 is 17.9 Å². The Labute approximate surface area is 164 Å². The van der Waals surface area contributed by atoms with E-state index in [-0.39, 0.29) is 17.0 Å². The molecule has 2 heterocycles. The van der Waals surface area contributed by atoms with Crippen molar-refractivity contribution in [2.45, 2.75) is 19.4 Å². The zero-order valence-electron chi connectivity index (χ0n) is 15.3. The van der Waals surface area contributed by atoms with Crippen molar-refractivity contribution in [1.29, 1.82) is 0 Å². The highest BCUT2D eigenvalue weighted by molar-refractivity contribution is 6.17. The maximum atomic E-state index is 13.1. The van der Waals surface area contributed by atoms with E-state index in [1.165, 1.54) is 12.7 Å². The van der Waals surface area contributed by atoms with Gasteiger partial charge in [-0.2, -0.15) is 4.90 Å². The van der Waals surface area contributed by atoms with Crippen molar-refractivity contribution in [1.82, 2.24) is 19.5 Å². The second kappa shape index (κ2) is 8.58. The van der Waals surface area contributed by atoms with Crippen molar-refractivity contribution < 1.29 is 19.1 Å². The van der Waals surface area contributed by atoms with Gasteiger partial charge in [-0.15, -0.1) is 0 Å². The number of nitrogens with two attached hydrogens (primary N) is 2. The number of unbranched alkanes of at least 4 members (excludes halogenated alkanes) is 1. The zero-order valence-corrected chi connectivity index (χ0v) is 15.3. The van der Waals surface area contributed by atoms with E-state index in [2.05, 4.69) is 15.0 Å². The summed E-state index contributed by atoms with van der Waals surface area (Å²) in [6.07, 6.45) is 2.78. The minimum absolute atomic E-state index is 0.0639. The number of rotatable bonds is 6. The highest BCUT2D eigenvalue weighted by atomic mass is 19.1. The molecule has 0 fully saturated rings. The Kier molecular flexibility index (Phi) is 5.95. The fourth-order valence-corrected chi connectivity index (χ4v) is 2.73. The first-order chi connectivity index (χ1) is 13.9. The minimum atomic E-state index is -1.59. The van der Waals surface area contributed by atoms with E-state index in [1.807, 2.05) is 0 Å². The Morgan fingerprint density at radius 2 is 1.86 bits per heavy atom. The fourth-order valence-electron chi connectivity index (χ4n) is 2.73. The van der Waals surface area contributed by atoms with E-state index >= 15 is 0 Å². The second-order valence-corrected chi connectivity index (χ2v) is 6.05. The number of fused-ring (bicyclic) bond motifs is 1. The maximum Gasteiger partial charge on any atom is 0.420 e. The average Bonchev–Trinajstić information content (AvgIpc) is 3.12. The van der Waals surface area contributed by atoms with Gasteiger partial charge in [0.1, 0.15) is 12.1 Å². The lowest BCUT2D eigenvalue weighted by atomic mass is 10.3. The molecule has 0 aliphatic heterocycles. The van der Waals surface area contributed by atoms with Gasteiger partial charge in [0.25, 0.3) is 0 Å². The van der Waals surface area contributed by atoms with Crippen LogP contribution in [0.2, 0.25) is 0 Å². The highest BCUT2D eigenvalue weighted by Crippen LogP contribution is 2.23. The van der Waals surface area contributed by atoms with E-state index in [4.69, 9.17) is 11.6 Å². The van der Waals surface area contributed by atoms with Crippen molar-refractivity contribution in [3.63, 3.8) is 0 Å². The van der Waals surface area contributed by atoms with Gasteiger partial charge in [-0.25, -0.2) is 39.8 Å². The van der Waals surface area contributed by atoms with E-state index in [0.29, 0.717) is 28.6 Å². The lowest BCUT2D eigenvalue weighted by Crippen LogP contribution is -2.50. The molecule has 2 aromatic heterocycles. The normalized spacial score (nSPS) is 10.9. The fraction of sp³-hybridized carbons (Fsp3) is 0.235. The molecule has 0 radical (unpaired) electrons. The van der Waals surface area contributed by atoms with E-state index in [1.54, 1.807) is 4.57 Å². The van der Waals surface area contributed by atoms with Gasteiger partial charge in [0.05, 0.1) is 12.0 Å². The molecule has 0 saturated heterocycles. The van der Waals surface area contributed by atoms with Crippen molar-refractivity contribution in [3.8, 4) is 0 Å². The number of amides is 3. The first-order valence-electron chi connectivity index (χ1n) is 8.67. The molecule has 0 aliphatic rings. The highest BCUT2D eigenvalue weighted by Gasteiger charge is 2.30. The molecule has 3 aromatic rings. The first-order valence-corrected chi connectivity index (χ1v) is 8.67. The summed E-state index contributed by atoms with van der Waals surface area (Å²) in [6, 6.07) is 3.26. The molecule has 0 unspecified atom stereocenters. The number of aryl methyl sites for hydroxylation is 1. The Hall–Kier alpha value is -3.64. The maximum absolute atomic E-state index is 13.1. The van der Waals surface area contributed by atoms with Crippen LogP contribution in [-0.4, -0.2) is 43.3 Å². The smallest absolute Gasteiger partial charge is 0.420 e. The van der Waals surface area contributed by atoms with Gasteiger partial charge < -0.3 is 15.4 Å². The summed E-state index contributed by atoms with van der Waals surface area (Å²) in [5.41, 5.74) is 6.11. The van der Waals surface area contributed by atoms with Gasteiger partial charge in [-0.1, -0.05) is 0 Å². The predicted octanol–water partition coefficient (Wildman–Crippen LogP) is 1.69. The number of benzene rings is 1. The number of carboxylic acid groups (broad SMARTS) is 1. The van der Waals surface area contributed by atoms with Gasteiger partial charge in [0.2, 0.25) is 0 Å². The number of halogens is 1. The molecular formula is C17H19FN8O3. The van der Waals surface area contributed by atoms with Gasteiger partial charge in [-0.05, 0) is 43.7 Å². The number of hydrogen-bond donors (Lipinski definition) is 3. The van der Waals surface area contributed by atoms with E-state index in [0.717, 1.165) is 37.1 Å². The van der Waals surface area contributed by atoms with Crippen molar-refractivity contribution >= 4 is 34.8 Å². The Balaban J connectivity index is 1.93. The summed E-state index contributed by atoms with van der Waals surface area (Å²) in [7, 11) is 0. The molecule has 29 heavy (non-hydrogen) atoms. The number of hydrazine groups is 1. The Morgan fingerprint density at radius 3 is 2.52 bits per heavy atom. The van der Waals surface area contributed by atoms with Crippen LogP contribution in [0, 0.1) is 5.82 Å². The van der Waals surface area contributed by atoms with Crippen LogP contribution in [0.25, 0.3) is 11.2 Å². The van der Waals surface area contributed by atoms with Crippen molar-refractivity contribution in [2.24, 2.45) is 11.6 Å². The lowest BCUT2D eigenvalue weighted by Gasteiger charge is -2.23. The third kappa shape index (κ3) is 4.12. The number of anilines is 2. The molecule has 3 amide bonds. The number of aromatic nitrogens is 4. The standard InChI is InChI=1S/C17H19FN8O3/c18-11-3-5-12(6-4-11)25(17(28)29)16(27)26(20)15-13-14(21-9-22-15)24(10-23-13)8-2-1-7-19/h3-6,9-10H,1-2,7-8,19-20H2,(H,28,29). The van der Waals surface area contributed by atoms with Crippen LogP contribution >= 0.6 is 0 Å². The summed E-state index contributed by atoms with van der Waals surface area (Å²) >= 11 is 0. The summed E-state index contributed by atoms with van der Waals surface area (Å²) in [6.45, 7) is 1.17. The summed E-state index contributed by atoms with van der Waals surface area (Å²) in [5, 5.41) is 10.0. The summed E-state index contributed by atoms with van der Waals surface area (Å²) < 4.78 is 14.9. The van der Waals surface area contributed by atoms with Crippen LogP contribution < -0.4 is 21.5 Å².